The lowest BCUT2D eigenvalue weighted by atomic mass is 9.97. The first-order valence-corrected chi connectivity index (χ1v) is 11.1. The molecule has 2 aromatic rings. The number of nitrogens with zero attached hydrogens (tertiary/aromatic N) is 4. The fourth-order valence-electron chi connectivity index (χ4n) is 3.81. The molecular weight excluding hydrogens is 410 g/mol. The summed E-state index contributed by atoms with van der Waals surface area (Å²) in [5.41, 5.74) is 1.56. The quantitative estimate of drug-likeness (QED) is 0.666. The Balaban J connectivity index is 1.66. The number of carbonyl (C=O) groups is 3. The highest BCUT2D eigenvalue weighted by Crippen LogP contribution is 2.21. The van der Waals surface area contributed by atoms with Crippen LogP contribution in [0.25, 0.3) is 5.69 Å². The molecule has 0 spiro atoms. The predicted octanol–water partition coefficient (Wildman–Crippen LogP) is 3.16. The van der Waals surface area contributed by atoms with E-state index in [1.807, 2.05) is 26.0 Å². The van der Waals surface area contributed by atoms with Crippen molar-refractivity contribution in [2.75, 3.05) is 38.1 Å². The normalized spacial score (nSPS) is 15.8. The minimum atomic E-state index is -0.475. The van der Waals surface area contributed by atoms with Crippen molar-refractivity contribution in [3.8, 4) is 5.69 Å². The number of anilines is 1. The number of esters is 1. The van der Waals surface area contributed by atoms with Crippen molar-refractivity contribution in [3.05, 3.63) is 42.2 Å². The summed E-state index contributed by atoms with van der Waals surface area (Å²) < 4.78 is 6.53. The molecule has 32 heavy (non-hydrogen) atoms. The van der Waals surface area contributed by atoms with E-state index >= 15 is 0 Å². The molecule has 1 aliphatic rings. The van der Waals surface area contributed by atoms with Crippen molar-refractivity contribution in [1.82, 2.24) is 19.6 Å². The zero-order valence-electron chi connectivity index (χ0n) is 18.9. The molecule has 3 rings (SSSR count). The lowest BCUT2D eigenvalue weighted by Gasteiger charge is -2.35. The van der Waals surface area contributed by atoms with Gasteiger partial charge < -0.3 is 19.9 Å². The van der Waals surface area contributed by atoms with Gasteiger partial charge in [0.25, 0.3) is 0 Å². The van der Waals surface area contributed by atoms with E-state index < -0.39 is 5.97 Å². The number of nitrogens with one attached hydrogen (secondary N) is 1. The van der Waals surface area contributed by atoms with E-state index in [0.29, 0.717) is 37.6 Å². The van der Waals surface area contributed by atoms with Crippen LogP contribution < -0.4 is 5.32 Å². The fraction of sp³-hybridized carbons (Fsp3) is 0.478. The second-order valence-corrected chi connectivity index (χ2v) is 7.65. The van der Waals surface area contributed by atoms with Gasteiger partial charge in [0.1, 0.15) is 0 Å². The van der Waals surface area contributed by atoms with Crippen LogP contribution in [-0.4, -0.2) is 70.3 Å². The van der Waals surface area contributed by atoms with Gasteiger partial charge in [-0.2, -0.15) is 5.10 Å². The van der Waals surface area contributed by atoms with Crippen molar-refractivity contribution >= 4 is 23.6 Å². The maximum atomic E-state index is 12.9. The monoisotopic (exact) mass is 441 g/mol. The minimum absolute atomic E-state index is 0.00872. The number of piperidine rings is 1. The number of aromatic nitrogens is 2. The summed E-state index contributed by atoms with van der Waals surface area (Å²) in [6, 6.07) is 8.83. The van der Waals surface area contributed by atoms with Gasteiger partial charge >= 0.3 is 12.0 Å². The number of hydrogen-bond donors (Lipinski definition) is 1. The number of ether oxygens (including phenoxy) is 1. The van der Waals surface area contributed by atoms with Gasteiger partial charge in [-0.3, -0.25) is 4.79 Å². The zero-order chi connectivity index (χ0) is 23.1. The van der Waals surface area contributed by atoms with E-state index in [9.17, 15) is 14.4 Å². The summed E-state index contributed by atoms with van der Waals surface area (Å²) in [6.45, 7) is 8.34. The second-order valence-electron chi connectivity index (χ2n) is 7.65. The maximum Gasteiger partial charge on any atom is 0.358 e. The number of hydrogen-bond acceptors (Lipinski definition) is 5. The van der Waals surface area contributed by atoms with Crippen LogP contribution in [0.1, 0.15) is 44.1 Å². The highest BCUT2D eigenvalue weighted by atomic mass is 16.5. The standard InChI is InChI=1S/C23H31N5O4/c1-4-26(5-2)23(31)27-13-8-9-17(16-27)21(29)24-18-10-7-11-19(15-18)28-14-12-20(25-28)22(30)32-6-3/h7,10-12,14-15,17H,4-6,8-9,13,16H2,1-3H3,(H,24,29). The highest BCUT2D eigenvalue weighted by Gasteiger charge is 2.30. The molecule has 1 unspecified atom stereocenters. The average molecular weight is 442 g/mol. The highest BCUT2D eigenvalue weighted by molar-refractivity contribution is 5.93. The number of likely N-dealkylation sites (tertiary alicyclic amines) is 1. The predicted molar refractivity (Wildman–Crippen MR) is 121 cm³/mol. The lowest BCUT2D eigenvalue weighted by molar-refractivity contribution is -0.121. The molecule has 0 aliphatic carbocycles. The van der Waals surface area contributed by atoms with Gasteiger partial charge in [-0.15, -0.1) is 0 Å². The molecule has 2 heterocycles. The average Bonchev–Trinajstić information content (AvgIpc) is 3.31. The Morgan fingerprint density at radius 3 is 2.69 bits per heavy atom. The SMILES string of the molecule is CCOC(=O)c1ccn(-c2cccc(NC(=O)C3CCCN(C(=O)N(CC)CC)C3)c2)n1. The molecular formula is C23H31N5O4. The van der Waals surface area contributed by atoms with E-state index in [2.05, 4.69) is 10.4 Å². The van der Waals surface area contributed by atoms with Crippen molar-refractivity contribution < 1.29 is 19.1 Å². The molecule has 9 nitrogen and oxygen atoms in total. The molecule has 1 aromatic carbocycles. The van der Waals surface area contributed by atoms with Crippen LogP contribution in [0.4, 0.5) is 10.5 Å². The summed E-state index contributed by atoms with van der Waals surface area (Å²) in [5, 5.41) is 7.22. The molecule has 1 aliphatic heterocycles. The molecule has 0 saturated carbocycles. The van der Waals surface area contributed by atoms with Crippen molar-refractivity contribution in [2.24, 2.45) is 5.92 Å². The topological polar surface area (TPSA) is 96.8 Å². The Kier molecular flexibility index (Phi) is 7.86. The smallest absolute Gasteiger partial charge is 0.358 e. The third-order valence-electron chi connectivity index (χ3n) is 5.55. The molecule has 172 valence electrons. The number of carbonyl (C=O) groups excluding carboxylic acids is 3. The van der Waals surface area contributed by atoms with Gasteiger partial charge in [-0.05, 0) is 57.9 Å². The Hall–Kier alpha value is -3.36. The first-order valence-electron chi connectivity index (χ1n) is 11.1. The Morgan fingerprint density at radius 1 is 1.19 bits per heavy atom. The van der Waals surface area contributed by atoms with Gasteiger partial charge in [0.2, 0.25) is 5.91 Å². The summed E-state index contributed by atoms with van der Waals surface area (Å²) in [4.78, 5) is 41.0. The Labute approximate surface area is 188 Å². The van der Waals surface area contributed by atoms with E-state index in [1.54, 1.807) is 45.8 Å². The number of benzene rings is 1. The van der Waals surface area contributed by atoms with Crippen LogP contribution in [-0.2, 0) is 9.53 Å². The van der Waals surface area contributed by atoms with Crippen LogP contribution in [0.5, 0.6) is 0 Å². The summed E-state index contributed by atoms with van der Waals surface area (Å²) in [6.07, 6.45) is 3.22. The van der Waals surface area contributed by atoms with Crippen LogP contribution in [0, 0.1) is 5.92 Å². The Morgan fingerprint density at radius 2 is 1.97 bits per heavy atom. The van der Waals surface area contributed by atoms with E-state index in [4.69, 9.17) is 4.74 Å². The molecule has 1 aromatic heterocycles. The van der Waals surface area contributed by atoms with Gasteiger partial charge in [0, 0.05) is 38.1 Å². The molecule has 0 radical (unpaired) electrons. The maximum absolute atomic E-state index is 12.9. The van der Waals surface area contributed by atoms with Gasteiger partial charge in [0.05, 0.1) is 18.2 Å². The number of rotatable bonds is 7. The van der Waals surface area contributed by atoms with Crippen LogP contribution in [0.2, 0.25) is 0 Å². The third kappa shape index (κ3) is 5.46. The molecule has 3 amide bonds. The molecule has 1 atom stereocenters. The fourth-order valence-corrected chi connectivity index (χ4v) is 3.81. The zero-order valence-corrected chi connectivity index (χ0v) is 18.9. The van der Waals surface area contributed by atoms with Crippen LogP contribution >= 0.6 is 0 Å². The lowest BCUT2D eigenvalue weighted by Crippen LogP contribution is -2.49. The molecule has 1 saturated heterocycles. The van der Waals surface area contributed by atoms with Crippen LogP contribution in [0.3, 0.4) is 0 Å². The van der Waals surface area contributed by atoms with Crippen molar-refractivity contribution in [3.63, 3.8) is 0 Å². The molecule has 9 heteroatoms. The van der Waals surface area contributed by atoms with Gasteiger partial charge in [-0.1, -0.05) is 6.07 Å². The van der Waals surface area contributed by atoms with Crippen LogP contribution in [0.15, 0.2) is 36.5 Å². The summed E-state index contributed by atoms with van der Waals surface area (Å²) in [5.74, 6) is -0.837. The van der Waals surface area contributed by atoms with Gasteiger partial charge in [-0.25, -0.2) is 14.3 Å². The molecule has 1 fully saturated rings. The van der Waals surface area contributed by atoms with E-state index in [-0.39, 0.29) is 30.2 Å². The number of amides is 3. The largest absolute Gasteiger partial charge is 0.461 e. The molecule has 0 bridgehead atoms. The van der Waals surface area contributed by atoms with E-state index in [1.165, 1.54) is 0 Å². The van der Waals surface area contributed by atoms with Crippen molar-refractivity contribution in [1.29, 1.82) is 0 Å². The molecule has 1 N–H and O–H groups in total. The second kappa shape index (κ2) is 10.8. The Bertz CT molecular complexity index is 953. The first-order chi connectivity index (χ1) is 15.5. The summed E-state index contributed by atoms with van der Waals surface area (Å²) in [7, 11) is 0. The van der Waals surface area contributed by atoms with E-state index in [0.717, 1.165) is 12.8 Å². The number of urea groups is 1. The van der Waals surface area contributed by atoms with Crippen molar-refractivity contribution in [2.45, 2.75) is 33.6 Å². The first kappa shape index (κ1) is 23.3. The van der Waals surface area contributed by atoms with Gasteiger partial charge in [0.15, 0.2) is 5.69 Å². The summed E-state index contributed by atoms with van der Waals surface area (Å²) >= 11 is 0. The third-order valence-corrected chi connectivity index (χ3v) is 5.55. The minimum Gasteiger partial charge on any atom is -0.461 e.